The van der Waals surface area contributed by atoms with Gasteiger partial charge in [-0.2, -0.15) is 0 Å². The molecule has 0 saturated carbocycles. The second-order valence-electron chi connectivity index (χ2n) is 1.38. The number of rotatable bonds is 0. The summed E-state index contributed by atoms with van der Waals surface area (Å²) < 4.78 is 0. The van der Waals surface area contributed by atoms with Gasteiger partial charge in [-0.1, -0.05) is 0 Å². The fourth-order valence-corrected chi connectivity index (χ4v) is 0.438. The average molecular weight is 136 g/mol. The Morgan fingerprint density at radius 2 is 1.90 bits per heavy atom. The lowest BCUT2D eigenvalue weighted by molar-refractivity contribution is -0.113. The Kier molecular flexibility index (Phi) is 1.29. The van der Waals surface area contributed by atoms with Gasteiger partial charge < -0.3 is 11.1 Å². The maximum atomic E-state index is 10.4. The highest BCUT2D eigenvalue weighted by Crippen LogP contribution is 1.29. The Balaban J connectivity index is 4.15. The van der Waals surface area contributed by atoms with Crippen LogP contribution in [-0.2, 0) is 0 Å². The highest BCUT2D eigenvalue weighted by Gasteiger charge is 2.15. The molecule has 10 heavy (non-hydrogen) atoms. The van der Waals surface area contributed by atoms with E-state index in [1.54, 1.807) is 0 Å². The Hall–Kier alpha value is -1.97. The molecule has 1 aromatic rings. The Morgan fingerprint density at radius 3 is 2.30 bits per heavy atom. The van der Waals surface area contributed by atoms with Gasteiger partial charge in [0.25, 0.3) is 0 Å². The molecular formula is C3N6O. The second kappa shape index (κ2) is 2.10. The standard InChI is InChI=1S/C3N6O/c4-6-1-2(7-5)8-9-3(1)10. The van der Waals surface area contributed by atoms with Gasteiger partial charge in [0.05, 0.1) is 0 Å². The van der Waals surface area contributed by atoms with Crippen LogP contribution in [0.3, 0.4) is 0 Å². The minimum absolute atomic E-state index is 0.382. The molecule has 0 N–H and O–H groups in total. The molecule has 0 fully saturated rings. The van der Waals surface area contributed by atoms with E-state index < -0.39 is 10.9 Å². The summed E-state index contributed by atoms with van der Waals surface area (Å²) in [5.41, 5.74) is 15.0. The molecule has 1 rings (SSSR count). The Morgan fingerprint density at radius 1 is 1.20 bits per heavy atom. The highest BCUT2D eigenvalue weighted by molar-refractivity contribution is 4.70. The summed E-state index contributed by atoms with van der Waals surface area (Å²) >= 11 is 0. The average Bonchev–Trinajstić information content (AvgIpc) is 2.30. The van der Waals surface area contributed by atoms with Crippen molar-refractivity contribution in [2.75, 3.05) is 0 Å². The van der Waals surface area contributed by atoms with Crippen molar-refractivity contribution < 1.29 is 9.58 Å². The molecule has 0 aromatic carbocycles. The number of hydrogen-bond acceptors (Lipinski definition) is 3. The third-order valence-corrected chi connectivity index (χ3v) is 0.845. The van der Waals surface area contributed by atoms with Gasteiger partial charge >= 0.3 is 16.4 Å². The summed E-state index contributed by atoms with van der Waals surface area (Å²) in [5.74, 6) is 0. The first-order chi connectivity index (χ1) is 4.79. The molecule has 0 aliphatic heterocycles. The minimum Gasteiger partial charge on any atom is -0.497 e. The third kappa shape index (κ3) is 0.675. The molecule has 0 amide bonds. The van der Waals surface area contributed by atoms with Gasteiger partial charge in [-0.15, -0.1) is 4.79 Å². The van der Waals surface area contributed by atoms with Crippen molar-refractivity contribution >= 4 is 0 Å². The summed E-state index contributed by atoms with van der Waals surface area (Å²) in [7, 11) is 0. The summed E-state index contributed by atoms with van der Waals surface area (Å²) in [6.07, 6.45) is 0. The van der Waals surface area contributed by atoms with E-state index in [0.29, 0.717) is 0 Å². The van der Waals surface area contributed by atoms with Gasteiger partial charge in [0.2, 0.25) is 0 Å². The zero-order valence-corrected chi connectivity index (χ0v) is 4.59. The summed E-state index contributed by atoms with van der Waals surface area (Å²) in [4.78, 5) is 15.5. The molecule has 1 aromatic heterocycles. The molecule has 0 unspecified atom stereocenters. The normalized spacial score (nSPS) is 8.40. The van der Waals surface area contributed by atoms with Crippen LogP contribution >= 0.6 is 0 Å². The summed E-state index contributed by atoms with van der Waals surface area (Å²) in [6.45, 7) is 0. The lowest BCUT2D eigenvalue weighted by atomic mass is 10.6. The van der Waals surface area contributed by atoms with E-state index >= 15 is 0 Å². The van der Waals surface area contributed by atoms with Crippen molar-refractivity contribution in [2.45, 2.75) is 0 Å². The van der Waals surface area contributed by atoms with Gasteiger partial charge in [0.15, 0.2) is 0 Å². The molecule has 0 saturated heterocycles. The fourth-order valence-electron chi connectivity index (χ4n) is 0.438. The van der Waals surface area contributed by atoms with Crippen LogP contribution in [-0.4, -0.2) is 19.8 Å². The molecule has 7 heteroatoms. The zero-order valence-electron chi connectivity index (χ0n) is 4.59. The van der Waals surface area contributed by atoms with Crippen molar-refractivity contribution in [2.24, 2.45) is 0 Å². The van der Waals surface area contributed by atoms with Crippen LogP contribution in [0.25, 0.3) is 11.1 Å². The Labute approximate surface area is 53.2 Å². The molecule has 1 heterocycles. The monoisotopic (exact) mass is 136 g/mol. The zero-order chi connectivity index (χ0) is 7.56. The summed E-state index contributed by atoms with van der Waals surface area (Å²) in [6, 6.07) is 0. The van der Waals surface area contributed by atoms with E-state index in [2.05, 4.69) is 19.8 Å². The molecule has 0 atom stereocenters. The number of nitrogens with zero attached hydrogens (tertiary/aromatic N) is 6. The van der Waals surface area contributed by atoms with E-state index in [1.807, 2.05) is 0 Å². The van der Waals surface area contributed by atoms with Gasteiger partial charge in [0.1, 0.15) is 5.10 Å². The maximum absolute atomic E-state index is 10.4. The first-order valence-electron chi connectivity index (χ1n) is 2.20. The number of aromatic nitrogens is 2. The third-order valence-electron chi connectivity index (χ3n) is 0.845. The van der Waals surface area contributed by atoms with Crippen LogP contribution in [0.2, 0.25) is 0 Å². The molecule has 0 spiro atoms. The SMILES string of the molecule is [N-]=[N+]=c1nnc(=O)c1=[N+]=[N-]. The van der Waals surface area contributed by atoms with Crippen LogP contribution in [0.1, 0.15) is 0 Å². The Bertz CT molecular complexity index is 440. The van der Waals surface area contributed by atoms with E-state index in [9.17, 15) is 4.79 Å². The minimum atomic E-state index is -0.824. The predicted octanol–water partition coefficient (Wildman–Crippen LogP) is -3.03. The lowest BCUT2D eigenvalue weighted by Crippen LogP contribution is -2.35. The van der Waals surface area contributed by atoms with Gasteiger partial charge in [-0.25, -0.2) is 0 Å². The van der Waals surface area contributed by atoms with Crippen LogP contribution in [0.15, 0.2) is 4.79 Å². The first-order valence-corrected chi connectivity index (χ1v) is 2.20. The molecule has 7 nitrogen and oxygen atoms in total. The number of hydrogen-bond donors (Lipinski definition) is 0. The second-order valence-corrected chi connectivity index (χ2v) is 1.38. The van der Waals surface area contributed by atoms with E-state index in [4.69, 9.17) is 11.1 Å². The van der Waals surface area contributed by atoms with Crippen molar-refractivity contribution in [1.82, 2.24) is 10.2 Å². The molecular weight excluding hydrogens is 136 g/mol. The molecule has 0 aliphatic rings. The molecule has 0 bridgehead atoms. The van der Waals surface area contributed by atoms with Crippen molar-refractivity contribution in [1.29, 1.82) is 0 Å². The van der Waals surface area contributed by atoms with E-state index in [1.165, 1.54) is 0 Å². The van der Waals surface area contributed by atoms with E-state index in [-0.39, 0.29) is 5.49 Å². The smallest absolute Gasteiger partial charge is 0.497 e. The van der Waals surface area contributed by atoms with Crippen molar-refractivity contribution in [3.63, 3.8) is 0 Å². The van der Waals surface area contributed by atoms with Crippen LogP contribution in [0, 0.1) is 0 Å². The van der Waals surface area contributed by atoms with Gasteiger partial charge in [-0.3, -0.25) is 9.58 Å². The maximum Gasteiger partial charge on any atom is 0.522 e. The highest BCUT2D eigenvalue weighted by atomic mass is 16.1. The largest absolute Gasteiger partial charge is 0.522 e. The fraction of sp³-hybridized carbons (Fsp3) is 0. The van der Waals surface area contributed by atoms with Crippen LogP contribution < -0.4 is 16.4 Å². The van der Waals surface area contributed by atoms with E-state index in [0.717, 1.165) is 0 Å². The molecule has 0 radical (unpaired) electrons. The molecule has 48 valence electrons. The molecule has 0 aliphatic carbocycles. The van der Waals surface area contributed by atoms with Crippen molar-refractivity contribution in [3.05, 3.63) is 32.3 Å². The van der Waals surface area contributed by atoms with Gasteiger partial charge in [0, 0.05) is 5.10 Å². The topological polar surface area (TPSA) is 116 Å². The van der Waals surface area contributed by atoms with Crippen molar-refractivity contribution in [3.8, 4) is 0 Å². The first kappa shape index (κ1) is 6.15. The van der Waals surface area contributed by atoms with Crippen LogP contribution in [0.4, 0.5) is 0 Å². The van der Waals surface area contributed by atoms with Crippen LogP contribution in [0.5, 0.6) is 0 Å². The lowest BCUT2D eigenvalue weighted by Gasteiger charge is -1.45. The summed E-state index contributed by atoms with van der Waals surface area (Å²) in [5, 5.41) is 5.56. The van der Waals surface area contributed by atoms with Gasteiger partial charge in [-0.05, 0) is 0 Å². The predicted molar refractivity (Wildman–Crippen MR) is 24.2 cm³/mol. The quantitative estimate of drug-likeness (QED) is 0.279.